The number of rotatable bonds is 4. The lowest BCUT2D eigenvalue weighted by Gasteiger charge is -2.26. The molecular weight excluding hydrogens is 182 g/mol. The minimum atomic E-state index is -0.749. The Labute approximate surface area is 82.8 Å². The summed E-state index contributed by atoms with van der Waals surface area (Å²) in [6.07, 6.45) is 1.62. The Bertz CT molecular complexity index is 300. The third kappa shape index (κ3) is 2.65. The Hall–Kier alpha value is -1.20. The van der Waals surface area contributed by atoms with Crippen molar-refractivity contribution in [3.63, 3.8) is 0 Å². The highest BCUT2D eigenvalue weighted by Crippen LogP contribution is 2.11. The quantitative estimate of drug-likeness (QED) is 0.630. The minimum absolute atomic E-state index is 0.160. The van der Waals surface area contributed by atoms with Crippen molar-refractivity contribution in [3.8, 4) is 0 Å². The van der Waals surface area contributed by atoms with Crippen molar-refractivity contribution < 1.29 is 10.2 Å². The third-order valence-corrected chi connectivity index (χ3v) is 1.90. The molecule has 0 amide bonds. The van der Waals surface area contributed by atoms with Gasteiger partial charge in [-0.3, -0.25) is 0 Å². The molecule has 5 nitrogen and oxygen atoms in total. The third-order valence-electron chi connectivity index (χ3n) is 1.90. The maximum atomic E-state index is 9.05. The summed E-state index contributed by atoms with van der Waals surface area (Å²) in [6, 6.07) is 1.69. The smallest absolute Gasteiger partial charge is 0.130 e. The van der Waals surface area contributed by atoms with Crippen molar-refractivity contribution >= 4 is 5.82 Å². The van der Waals surface area contributed by atoms with E-state index in [2.05, 4.69) is 15.3 Å². The SMILES string of the molecule is Cc1nccc(NC(C)(CO)CO)n1. The first-order valence-electron chi connectivity index (χ1n) is 4.39. The number of aliphatic hydroxyl groups is 2. The topological polar surface area (TPSA) is 78.3 Å². The van der Waals surface area contributed by atoms with Crippen LogP contribution in [-0.2, 0) is 0 Å². The molecule has 0 aromatic carbocycles. The molecule has 3 N–H and O–H groups in total. The van der Waals surface area contributed by atoms with Crippen molar-refractivity contribution in [3.05, 3.63) is 18.1 Å². The standard InChI is InChI=1S/C9H15N3O2/c1-7-10-4-3-8(11-7)12-9(2,5-13)6-14/h3-4,13-14H,5-6H2,1-2H3,(H,10,11,12). The monoisotopic (exact) mass is 197 g/mol. The van der Waals surface area contributed by atoms with Crippen LogP contribution in [0.2, 0.25) is 0 Å². The van der Waals surface area contributed by atoms with Crippen LogP contribution in [0.25, 0.3) is 0 Å². The van der Waals surface area contributed by atoms with E-state index in [0.717, 1.165) is 0 Å². The van der Waals surface area contributed by atoms with Crippen molar-refractivity contribution in [2.24, 2.45) is 0 Å². The fraction of sp³-hybridized carbons (Fsp3) is 0.556. The molecule has 14 heavy (non-hydrogen) atoms. The van der Waals surface area contributed by atoms with Gasteiger partial charge in [-0.15, -0.1) is 0 Å². The van der Waals surface area contributed by atoms with Gasteiger partial charge in [0.15, 0.2) is 0 Å². The van der Waals surface area contributed by atoms with Crippen molar-refractivity contribution in [2.45, 2.75) is 19.4 Å². The van der Waals surface area contributed by atoms with Crippen LogP contribution in [0.15, 0.2) is 12.3 Å². The second-order valence-corrected chi connectivity index (χ2v) is 3.49. The molecule has 0 unspecified atom stereocenters. The number of aryl methyl sites for hydroxylation is 1. The largest absolute Gasteiger partial charge is 0.394 e. The summed E-state index contributed by atoms with van der Waals surface area (Å²) in [5, 5.41) is 21.0. The van der Waals surface area contributed by atoms with Gasteiger partial charge in [0.1, 0.15) is 11.6 Å². The maximum Gasteiger partial charge on any atom is 0.130 e. The number of aromatic nitrogens is 2. The molecule has 78 valence electrons. The molecule has 1 aromatic heterocycles. The first-order chi connectivity index (χ1) is 6.59. The normalized spacial score (nSPS) is 11.4. The highest BCUT2D eigenvalue weighted by atomic mass is 16.3. The Morgan fingerprint density at radius 1 is 1.43 bits per heavy atom. The fourth-order valence-corrected chi connectivity index (χ4v) is 0.964. The predicted octanol–water partition coefficient (Wildman–Crippen LogP) is -0.0598. The van der Waals surface area contributed by atoms with Gasteiger partial charge in [0, 0.05) is 6.20 Å². The molecule has 0 aliphatic rings. The van der Waals surface area contributed by atoms with Crippen LogP contribution < -0.4 is 5.32 Å². The van der Waals surface area contributed by atoms with Gasteiger partial charge in [-0.2, -0.15) is 0 Å². The number of hydrogen-bond acceptors (Lipinski definition) is 5. The first-order valence-corrected chi connectivity index (χ1v) is 4.39. The summed E-state index contributed by atoms with van der Waals surface area (Å²) in [6.45, 7) is 3.17. The molecule has 5 heteroatoms. The predicted molar refractivity (Wildman–Crippen MR) is 53.0 cm³/mol. The van der Waals surface area contributed by atoms with Gasteiger partial charge in [0.25, 0.3) is 0 Å². The van der Waals surface area contributed by atoms with Crippen LogP contribution in [-0.4, -0.2) is 38.9 Å². The van der Waals surface area contributed by atoms with Crippen LogP contribution in [0.5, 0.6) is 0 Å². The zero-order valence-corrected chi connectivity index (χ0v) is 8.36. The molecule has 0 atom stereocenters. The van der Waals surface area contributed by atoms with Crippen molar-refractivity contribution in [1.29, 1.82) is 0 Å². The molecule has 0 saturated carbocycles. The van der Waals surface area contributed by atoms with Gasteiger partial charge < -0.3 is 15.5 Å². The second-order valence-electron chi connectivity index (χ2n) is 3.49. The summed E-state index contributed by atoms with van der Waals surface area (Å²) < 4.78 is 0. The molecule has 0 aliphatic carbocycles. The molecule has 0 fully saturated rings. The Kier molecular flexibility index (Phi) is 3.38. The van der Waals surface area contributed by atoms with E-state index < -0.39 is 5.54 Å². The average molecular weight is 197 g/mol. The number of nitrogens with one attached hydrogen (secondary N) is 1. The van der Waals surface area contributed by atoms with Crippen LogP contribution >= 0.6 is 0 Å². The summed E-state index contributed by atoms with van der Waals surface area (Å²) in [4.78, 5) is 8.06. The number of aliphatic hydroxyl groups excluding tert-OH is 2. The minimum Gasteiger partial charge on any atom is -0.394 e. The van der Waals surface area contributed by atoms with Gasteiger partial charge in [-0.25, -0.2) is 9.97 Å². The zero-order chi connectivity index (χ0) is 10.6. The Morgan fingerprint density at radius 2 is 2.07 bits per heavy atom. The lowest BCUT2D eigenvalue weighted by molar-refractivity contribution is 0.147. The van der Waals surface area contributed by atoms with Crippen LogP contribution in [0.4, 0.5) is 5.82 Å². The molecule has 0 bridgehead atoms. The van der Waals surface area contributed by atoms with E-state index in [1.165, 1.54) is 0 Å². The Balaban J connectivity index is 2.77. The summed E-state index contributed by atoms with van der Waals surface area (Å²) >= 11 is 0. The van der Waals surface area contributed by atoms with Crippen LogP contribution in [0, 0.1) is 6.92 Å². The molecular formula is C9H15N3O2. The van der Waals surface area contributed by atoms with Crippen LogP contribution in [0.3, 0.4) is 0 Å². The van der Waals surface area contributed by atoms with E-state index in [1.807, 2.05) is 0 Å². The number of nitrogens with zero attached hydrogens (tertiary/aromatic N) is 2. The van der Waals surface area contributed by atoms with E-state index in [-0.39, 0.29) is 13.2 Å². The van der Waals surface area contributed by atoms with Gasteiger partial charge >= 0.3 is 0 Å². The van der Waals surface area contributed by atoms with E-state index in [4.69, 9.17) is 10.2 Å². The highest BCUT2D eigenvalue weighted by Gasteiger charge is 2.22. The van der Waals surface area contributed by atoms with E-state index in [1.54, 1.807) is 26.1 Å². The lowest BCUT2D eigenvalue weighted by Crippen LogP contribution is -2.42. The molecule has 0 radical (unpaired) electrons. The average Bonchev–Trinajstić information content (AvgIpc) is 2.18. The van der Waals surface area contributed by atoms with Gasteiger partial charge in [0.05, 0.1) is 18.8 Å². The summed E-state index contributed by atoms with van der Waals surface area (Å²) in [7, 11) is 0. The molecule has 1 aromatic rings. The molecule has 0 spiro atoms. The zero-order valence-electron chi connectivity index (χ0n) is 8.36. The van der Waals surface area contributed by atoms with Crippen molar-refractivity contribution in [2.75, 3.05) is 18.5 Å². The van der Waals surface area contributed by atoms with E-state index in [9.17, 15) is 0 Å². The highest BCUT2D eigenvalue weighted by molar-refractivity contribution is 5.36. The molecule has 0 aliphatic heterocycles. The van der Waals surface area contributed by atoms with Gasteiger partial charge in [-0.1, -0.05) is 0 Å². The first kappa shape index (κ1) is 10.9. The maximum absolute atomic E-state index is 9.05. The van der Waals surface area contributed by atoms with Gasteiger partial charge in [-0.05, 0) is 19.9 Å². The van der Waals surface area contributed by atoms with Crippen LogP contribution in [0.1, 0.15) is 12.7 Å². The molecule has 1 rings (SSSR count). The van der Waals surface area contributed by atoms with E-state index >= 15 is 0 Å². The summed E-state index contributed by atoms with van der Waals surface area (Å²) in [5.41, 5.74) is -0.749. The summed E-state index contributed by atoms with van der Waals surface area (Å²) in [5.74, 6) is 1.25. The molecule has 1 heterocycles. The Morgan fingerprint density at radius 3 is 2.57 bits per heavy atom. The van der Waals surface area contributed by atoms with Gasteiger partial charge in [0.2, 0.25) is 0 Å². The number of anilines is 1. The second kappa shape index (κ2) is 4.34. The number of hydrogen-bond donors (Lipinski definition) is 3. The molecule has 0 saturated heterocycles. The van der Waals surface area contributed by atoms with E-state index in [0.29, 0.717) is 11.6 Å². The fourth-order valence-electron chi connectivity index (χ4n) is 0.964. The van der Waals surface area contributed by atoms with Crippen molar-refractivity contribution in [1.82, 2.24) is 9.97 Å². The lowest BCUT2D eigenvalue weighted by atomic mass is 10.1.